The van der Waals surface area contributed by atoms with E-state index >= 15 is 0 Å². The maximum Gasteiger partial charge on any atom is 0.211 e. The fraction of sp³-hybridized carbons (Fsp3) is 0.0714. The Balaban J connectivity index is 1.56. The van der Waals surface area contributed by atoms with Crippen molar-refractivity contribution < 1.29 is 9.59 Å². The monoisotopic (exact) mass is 454 g/mol. The van der Waals surface area contributed by atoms with E-state index in [1.165, 1.54) is 0 Å². The Morgan fingerprint density at radius 1 is 0.406 bits per heavy atom. The molecule has 0 aromatic heterocycles. The second-order valence-corrected chi connectivity index (χ2v) is 9.45. The molecular formula is C28H22O2S2. The van der Waals surface area contributed by atoms with Gasteiger partial charge in [0.25, 0.3) is 0 Å². The van der Waals surface area contributed by atoms with Gasteiger partial charge in [0.2, 0.25) is 10.2 Å². The van der Waals surface area contributed by atoms with E-state index in [-0.39, 0.29) is 10.2 Å². The van der Waals surface area contributed by atoms with E-state index < -0.39 is 11.8 Å². The van der Waals surface area contributed by atoms with E-state index in [1.807, 2.05) is 121 Å². The first kappa shape index (κ1) is 22.1. The van der Waals surface area contributed by atoms with Gasteiger partial charge >= 0.3 is 0 Å². The van der Waals surface area contributed by atoms with Crippen molar-refractivity contribution >= 4 is 31.8 Å². The van der Waals surface area contributed by atoms with Crippen molar-refractivity contribution in [3.05, 3.63) is 144 Å². The quantitative estimate of drug-likeness (QED) is 0.291. The van der Waals surface area contributed by atoms with Crippen LogP contribution in [0.2, 0.25) is 0 Å². The molecule has 2 nitrogen and oxygen atoms in total. The first-order valence-corrected chi connectivity index (χ1v) is 12.5. The first-order chi connectivity index (χ1) is 15.7. The third-order valence-electron chi connectivity index (χ3n) is 5.21. The molecule has 0 spiro atoms. The fourth-order valence-corrected chi connectivity index (χ4v) is 5.66. The lowest BCUT2D eigenvalue weighted by molar-refractivity contribution is -0.112. The van der Waals surface area contributed by atoms with Crippen LogP contribution in [0.5, 0.6) is 0 Å². The molecular weight excluding hydrogens is 432 g/mol. The lowest BCUT2D eigenvalue weighted by Gasteiger charge is -2.18. The van der Waals surface area contributed by atoms with E-state index in [1.54, 1.807) is 0 Å². The third-order valence-corrected chi connectivity index (χ3v) is 7.33. The van der Waals surface area contributed by atoms with Gasteiger partial charge in [0.05, 0.1) is 11.8 Å². The number of carbonyl (C=O) groups is 2. The Kier molecular flexibility index (Phi) is 7.59. The van der Waals surface area contributed by atoms with Crippen LogP contribution in [-0.4, -0.2) is 10.2 Å². The summed E-state index contributed by atoms with van der Waals surface area (Å²) >= 11 is 0. The van der Waals surface area contributed by atoms with Gasteiger partial charge in [-0.1, -0.05) is 121 Å². The predicted octanol–water partition coefficient (Wildman–Crippen LogP) is 7.09. The van der Waals surface area contributed by atoms with Gasteiger partial charge in [0.15, 0.2) is 0 Å². The molecule has 4 heteroatoms. The summed E-state index contributed by atoms with van der Waals surface area (Å²) < 4.78 is 0. The van der Waals surface area contributed by atoms with Crippen LogP contribution in [0.15, 0.2) is 121 Å². The van der Waals surface area contributed by atoms with Crippen LogP contribution in [0.3, 0.4) is 0 Å². The van der Waals surface area contributed by atoms with Crippen LogP contribution < -0.4 is 0 Å². The number of rotatable bonds is 6. The van der Waals surface area contributed by atoms with Gasteiger partial charge in [0, 0.05) is 0 Å². The van der Waals surface area contributed by atoms with Crippen LogP contribution in [0.25, 0.3) is 0 Å². The maximum absolute atomic E-state index is 13.3. The van der Waals surface area contributed by atoms with Crippen molar-refractivity contribution in [2.75, 3.05) is 0 Å². The van der Waals surface area contributed by atoms with Crippen molar-refractivity contribution in [3.63, 3.8) is 0 Å². The largest absolute Gasteiger partial charge is 0.285 e. The Morgan fingerprint density at radius 2 is 0.625 bits per heavy atom. The molecule has 0 radical (unpaired) electrons. The lowest BCUT2D eigenvalue weighted by Crippen LogP contribution is -2.13. The van der Waals surface area contributed by atoms with Crippen molar-refractivity contribution in [2.24, 2.45) is 0 Å². The Hall–Kier alpha value is -3.08. The molecule has 32 heavy (non-hydrogen) atoms. The second kappa shape index (κ2) is 11.0. The van der Waals surface area contributed by atoms with Crippen LogP contribution in [0.1, 0.15) is 34.1 Å². The molecule has 0 heterocycles. The van der Waals surface area contributed by atoms with Gasteiger partial charge < -0.3 is 0 Å². The summed E-state index contributed by atoms with van der Waals surface area (Å²) in [6.07, 6.45) is 0. The molecule has 0 aliphatic carbocycles. The number of benzene rings is 4. The van der Waals surface area contributed by atoms with Crippen molar-refractivity contribution in [2.45, 2.75) is 11.8 Å². The van der Waals surface area contributed by atoms with Gasteiger partial charge in [-0.2, -0.15) is 0 Å². The van der Waals surface area contributed by atoms with Crippen molar-refractivity contribution in [1.82, 2.24) is 0 Å². The highest BCUT2D eigenvalue weighted by Gasteiger charge is 2.28. The van der Waals surface area contributed by atoms with Crippen LogP contribution in [0.4, 0.5) is 0 Å². The lowest BCUT2D eigenvalue weighted by atomic mass is 9.92. The minimum atomic E-state index is -0.422. The van der Waals surface area contributed by atoms with E-state index in [9.17, 15) is 9.59 Å². The summed E-state index contributed by atoms with van der Waals surface area (Å²) in [4.78, 5) is 26.7. The maximum atomic E-state index is 13.3. The number of hydrogen-bond acceptors (Lipinski definition) is 4. The van der Waals surface area contributed by atoms with Gasteiger partial charge in [-0.25, -0.2) is 0 Å². The van der Waals surface area contributed by atoms with Crippen LogP contribution in [-0.2, 0) is 9.59 Å². The molecule has 4 aromatic carbocycles. The molecule has 0 N–H and O–H groups in total. The molecule has 158 valence electrons. The predicted molar refractivity (Wildman–Crippen MR) is 135 cm³/mol. The van der Waals surface area contributed by atoms with Crippen LogP contribution >= 0.6 is 21.6 Å². The Labute approximate surface area is 196 Å². The molecule has 0 saturated heterocycles. The molecule has 4 aromatic rings. The standard InChI is InChI=1S/C28H22O2S2/c29-27(25(21-13-5-1-6-14-21)22-15-7-2-8-16-22)31-32-28(30)26(23-17-9-3-10-18-23)24-19-11-4-12-20-24/h1-20,25-26H. The molecule has 0 amide bonds. The Morgan fingerprint density at radius 3 is 0.844 bits per heavy atom. The van der Waals surface area contributed by atoms with Gasteiger partial charge in [0.1, 0.15) is 0 Å². The molecule has 4 rings (SSSR count). The van der Waals surface area contributed by atoms with Crippen molar-refractivity contribution in [1.29, 1.82) is 0 Å². The zero-order valence-corrected chi connectivity index (χ0v) is 19.0. The molecule has 0 aliphatic rings. The minimum Gasteiger partial charge on any atom is -0.285 e. The highest BCUT2D eigenvalue weighted by molar-refractivity contribution is 8.87. The fourth-order valence-electron chi connectivity index (χ4n) is 3.69. The molecule has 0 aliphatic heterocycles. The molecule has 0 unspecified atom stereocenters. The molecule has 0 bridgehead atoms. The zero-order valence-electron chi connectivity index (χ0n) is 17.3. The summed E-state index contributed by atoms with van der Waals surface area (Å²) in [7, 11) is 2.06. The summed E-state index contributed by atoms with van der Waals surface area (Å²) in [6.45, 7) is 0. The topological polar surface area (TPSA) is 34.1 Å². The average molecular weight is 455 g/mol. The van der Waals surface area contributed by atoms with Crippen LogP contribution in [0, 0.1) is 0 Å². The molecule has 0 atom stereocenters. The highest BCUT2D eigenvalue weighted by atomic mass is 33.1. The Bertz CT molecular complexity index is 973. The van der Waals surface area contributed by atoms with E-state index in [0.29, 0.717) is 0 Å². The normalized spacial score (nSPS) is 10.9. The van der Waals surface area contributed by atoms with E-state index in [2.05, 4.69) is 0 Å². The number of carbonyl (C=O) groups excluding carboxylic acids is 2. The van der Waals surface area contributed by atoms with E-state index in [0.717, 1.165) is 43.8 Å². The van der Waals surface area contributed by atoms with Gasteiger partial charge in [-0.3, -0.25) is 9.59 Å². The third kappa shape index (κ3) is 5.39. The second-order valence-electron chi connectivity index (χ2n) is 7.31. The van der Waals surface area contributed by atoms with Crippen molar-refractivity contribution in [3.8, 4) is 0 Å². The minimum absolute atomic E-state index is 0.0550. The smallest absolute Gasteiger partial charge is 0.211 e. The average Bonchev–Trinajstić information content (AvgIpc) is 2.86. The SMILES string of the molecule is O=C(SSC(=O)C(c1ccccc1)c1ccccc1)C(c1ccccc1)c1ccccc1. The van der Waals surface area contributed by atoms with Gasteiger partial charge in [-0.05, 0) is 43.8 Å². The summed E-state index contributed by atoms with van der Waals surface area (Å²) in [5.41, 5.74) is 3.69. The van der Waals surface area contributed by atoms with E-state index in [4.69, 9.17) is 0 Å². The number of hydrogen-bond donors (Lipinski definition) is 0. The molecule has 0 fully saturated rings. The van der Waals surface area contributed by atoms with Gasteiger partial charge in [-0.15, -0.1) is 0 Å². The summed E-state index contributed by atoms with van der Waals surface area (Å²) in [5, 5.41) is -0.110. The first-order valence-electron chi connectivity index (χ1n) is 10.4. The summed E-state index contributed by atoms with van der Waals surface area (Å²) in [6, 6.07) is 38.9. The summed E-state index contributed by atoms with van der Waals surface area (Å²) in [5.74, 6) is -0.843. The highest BCUT2D eigenvalue weighted by Crippen LogP contribution is 2.39. The molecule has 0 saturated carbocycles. The zero-order chi connectivity index (χ0) is 22.2.